The largest absolute Gasteiger partial charge is 0.459 e. The predicted octanol–water partition coefficient (Wildman–Crippen LogP) is 1.86. The lowest BCUT2D eigenvalue weighted by atomic mass is 10.4. The topological polar surface area (TPSA) is 67.2 Å². The van der Waals surface area contributed by atoms with Crippen LogP contribution in [0.25, 0.3) is 0 Å². The maximum absolute atomic E-state index is 11.5. The molecular formula is C9H7N3O2S2. The molecule has 5 nitrogen and oxygen atoms in total. The molecule has 0 spiro atoms. The SMILES string of the molecule is O=C(NC(=S)Nc1nccs1)c1ccco1. The van der Waals surface area contributed by atoms with Gasteiger partial charge in [0.2, 0.25) is 0 Å². The third kappa shape index (κ3) is 2.65. The molecule has 0 unspecified atom stereocenters. The van der Waals surface area contributed by atoms with E-state index in [1.165, 1.54) is 17.6 Å². The molecule has 2 aromatic heterocycles. The van der Waals surface area contributed by atoms with Gasteiger partial charge >= 0.3 is 0 Å². The molecule has 0 saturated carbocycles. The van der Waals surface area contributed by atoms with Crippen LogP contribution in [0.5, 0.6) is 0 Å². The van der Waals surface area contributed by atoms with E-state index in [0.29, 0.717) is 5.13 Å². The van der Waals surface area contributed by atoms with E-state index in [1.54, 1.807) is 23.7 Å². The standard InChI is InChI=1S/C9H7N3O2S2/c13-7(6-2-1-4-14-6)11-8(15)12-9-10-3-5-16-9/h1-5H,(H2,10,11,12,13,15). The summed E-state index contributed by atoms with van der Waals surface area (Å²) in [5.41, 5.74) is 0. The zero-order valence-electron chi connectivity index (χ0n) is 7.97. The van der Waals surface area contributed by atoms with Gasteiger partial charge in [-0.15, -0.1) is 11.3 Å². The lowest BCUT2D eigenvalue weighted by Crippen LogP contribution is -2.33. The summed E-state index contributed by atoms with van der Waals surface area (Å²) in [6.07, 6.45) is 3.07. The molecule has 0 aliphatic heterocycles. The number of thiazole rings is 1. The van der Waals surface area contributed by atoms with Crippen molar-refractivity contribution in [2.45, 2.75) is 0 Å². The fourth-order valence-electron chi connectivity index (χ4n) is 0.986. The number of hydrogen-bond donors (Lipinski definition) is 2. The van der Waals surface area contributed by atoms with Gasteiger partial charge in [-0.3, -0.25) is 10.1 Å². The van der Waals surface area contributed by atoms with Gasteiger partial charge in [-0.05, 0) is 24.4 Å². The first kappa shape index (κ1) is 10.8. The highest BCUT2D eigenvalue weighted by Gasteiger charge is 2.10. The number of carbonyl (C=O) groups excluding carboxylic acids is 1. The van der Waals surface area contributed by atoms with E-state index in [2.05, 4.69) is 15.6 Å². The van der Waals surface area contributed by atoms with E-state index in [9.17, 15) is 4.79 Å². The molecule has 0 saturated heterocycles. The number of hydrogen-bond acceptors (Lipinski definition) is 5. The van der Waals surface area contributed by atoms with Gasteiger partial charge in [0, 0.05) is 11.6 Å². The second-order valence-electron chi connectivity index (χ2n) is 2.72. The van der Waals surface area contributed by atoms with E-state index >= 15 is 0 Å². The van der Waals surface area contributed by atoms with Crippen molar-refractivity contribution in [1.29, 1.82) is 0 Å². The van der Waals surface area contributed by atoms with Crippen molar-refractivity contribution in [2.24, 2.45) is 0 Å². The summed E-state index contributed by atoms with van der Waals surface area (Å²) < 4.78 is 4.92. The first-order valence-electron chi connectivity index (χ1n) is 4.31. The highest BCUT2D eigenvalue weighted by Crippen LogP contribution is 2.09. The normalized spacial score (nSPS) is 9.75. The maximum atomic E-state index is 11.5. The summed E-state index contributed by atoms with van der Waals surface area (Å²) in [5.74, 6) is -0.178. The van der Waals surface area contributed by atoms with Crippen molar-refractivity contribution in [3.63, 3.8) is 0 Å². The molecule has 82 valence electrons. The summed E-state index contributed by atoms with van der Waals surface area (Å²) in [6.45, 7) is 0. The minimum absolute atomic E-state index is 0.191. The molecule has 0 radical (unpaired) electrons. The van der Waals surface area contributed by atoms with E-state index in [-0.39, 0.29) is 16.8 Å². The number of rotatable bonds is 2. The number of aromatic nitrogens is 1. The Morgan fingerprint density at radius 2 is 2.44 bits per heavy atom. The molecule has 2 aromatic rings. The number of thiocarbonyl (C=S) groups is 1. The van der Waals surface area contributed by atoms with Crippen molar-refractivity contribution >= 4 is 39.7 Å². The van der Waals surface area contributed by atoms with Crippen LogP contribution in [0.2, 0.25) is 0 Å². The van der Waals surface area contributed by atoms with Gasteiger partial charge < -0.3 is 9.73 Å². The van der Waals surface area contributed by atoms with Crippen LogP contribution >= 0.6 is 23.6 Å². The second kappa shape index (κ2) is 4.86. The fourth-order valence-corrected chi connectivity index (χ4v) is 1.77. The Labute approximate surface area is 100 Å². The van der Waals surface area contributed by atoms with E-state index < -0.39 is 0 Å². The van der Waals surface area contributed by atoms with Crippen molar-refractivity contribution in [1.82, 2.24) is 10.3 Å². The molecule has 0 aliphatic carbocycles. The molecule has 0 bridgehead atoms. The molecule has 2 heterocycles. The minimum atomic E-state index is -0.390. The molecule has 16 heavy (non-hydrogen) atoms. The fraction of sp³-hybridized carbons (Fsp3) is 0. The monoisotopic (exact) mass is 253 g/mol. The van der Waals surface area contributed by atoms with Crippen molar-refractivity contribution in [3.8, 4) is 0 Å². The van der Waals surface area contributed by atoms with Crippen LogP contribution in [0, 0.1) is 0 Å². The Morgan fingerprint density at radius 3 is 3.06 bits per heavy atom. The number of nitrogens with one attached hydrogen (secondary N) is 2. The van der Waals surface area contributed by atoms with Crippen LogP contribution in [0.3, 0.4) is 0 Å². The van der Waals surface area contributed by atoms with Crippen molar-refractivity contribution in [2.75, 3.05) is 5.32 Å². The number of amides is 1. The molecule has 0 fully saturated rings. The smallest absolute Gasteiger partial charge is 0.293 e. The Morgan fingerprint density at radius 1 is 1.56 bits per heavy atom. The summed E-state index contributed by atoms with van der Waals surface area (Å²) in [7, 11) is 0. The molecule has 0 atom stereocenters. The van der Waals surface area contributed by atoms with Crippen LogP contribution in [0.1, 0.15) is 10.6 Å². The van der Waals surface area contributed by atoms with Crippen LogP contribution in [0.15, 0.2) is 34.4 Å². The van der Waals surface area contributed by atoms with Gasteiger partial charge in [-0.2, -0.15) is 0 Å². The van der Waals surface area contributed by atoms with Crippen LogP contribution in [-0.4, -0.2) is 16.0 Å². The van der Waals surface area contributed by atoms with Gasteiger partial charge in [0.25, 0.3) is 5.91 Å². The highest BCUT2D eigenvalue weighted by atomic mass is 32.1. The number of nitrogens with zero attached hydrogens (tertiary/aromatic N) is 1. The van der Waals surface area contributed by atoms with Crippen molar-refractivity contribution < 1.29 is 9.21 Å². The lowest BCUT2D eigenvalue weighted by Gasteiger charge is -2.04. The molecular weight excluding hydrogens is 246 g/mol. The second-order valence-corrected chi connectivity index (χ2v) is 4.03. The summed E-state index contributed by atoms with van der Waals surface area (Å²) in [6, 6.07) is 3.19. The average molecular weight is 253 g/mol. The maximum Gasteiger partial charge on any atom is 0.293 e. The van der Waals surface area contributed by atoms with Crippen LogP contribution in [0.4, 0.5) is 5.13 Å². The third-order valence-corrected chi connectivity index (χ3v) is 2.52. The third-order valence-electron chi connectivity index (χ3n) is 1.62. The highest BCUT2D eigenvalue weighted by molar-refractivity contribution is 7.80. The van der Waals surface area contributed by atoms with Crippen molar-refractivity contribution in [3.05, 3.63) is 35.7 Å². The zero-order chi connectivity index (χ0) is 11.4. The number of anilines is 1. The van der Waals surface area contributed by atoms with Gasteiger partial charge in [0.05, 0.1) is 6.26 Å². The number of carbonyl (C=O) groups is 1. The van der Waals surface area contributed by atoms with Gasteiger partial charge in [-0.1, -0.05) is 0 Å². The summed E-state index contributed by atoms with van der Waals surface area (Å²) in [5, 5.41) is 7.88. The predicted molar refractivity (Wildman–Crippen MR) is 64.5 cm³/mol. The molecule has 7 heteroatoms. The molecule has 0 aliphatic rings. The molecule has 2 N–H and O–H groups in total. The molecule has 1 amide bonds. The molecule has 2 rings (SSSR count). The minimum Gasteiger partial charge on any atom is -0.459 e. The van der Waals surface area contributed by atoms with Gasteiger partial charge in [-0.25, -0.2) is 4.98 Å². The summed E-state index contributed by atoms with van der Waals surface area (Å²) >= 11 is 6.33. The number of furan rings is 1. The Kier molecular flexibility index (Phi) is 3.28. The van der Waals surface area contributed by atoms with E-state index in [1.807, 2.05) is 0 Å². The first-order valence-corrected chi connectivity index (χ1v) is 5.60. The Balaban J connectivity index is 1.91. The Hall–Kier alpha value is -1.73. The van der Waals surface area contributed by atoms with Crippen LogP contribution in [-0.2, 0) is 0 Å². The van der Waals surface area contributed by atoms with Gasteiger partial charge in [0.15, 0.2) is 16.0 Å². The first-order chi connectivity index (χ1) is 7.75. The Bertz CT molecular complexity index is 479. The zero-order valence-corrected chi connectivity index (χ0v) is 9.60. The van der Waals surface area contributed by atoms with Crippen LogP contribution < -0.4 is 10.6 Å². The van der Waals surface area contributed by atoms with E-state index in [4.69, 9.17) is 16.6 Å². The lowest BCUT2D eigenvalue weighted by molar-refractivity contribution is 0.0950. The average Bonchev–Trinajstić information content (AvgIpc) is 2.88. The molecule has 0 aromatic carbocycles. The quantitative estimate of drug-likeness (QED) is 0.800. The van der Waals surface area contributed by atoms with Gasteiger partial charge in [0.1, 0.15) is 0 Å². The van der Waals surface area contributed by atoms with E-state index in [0.717, 1.165) is 0 Å². The summed E-state index contributed by atoms with van der Waals surface area (Å²) in [4.78, 5) is 15.5.